The number of amides is 1. The monoisotopic (exact) mass is 316 g/mol. The van der Waals surface area contributed by atoms with Crippen LogP contribution in [-0.4, -0.2) is 23.4 Å². The third-order valence-electron chi connectivity index (χ3n) is 4.09. The van der Waals surface area contributed by atoms with Gasteiger partial charge in [-0.3, -0.25) is 4.79 Å². The van der Waals surface area contributed by atoms with Gasteiger partial charge in [0.05, 0.1) is 0 Å². The fourth-order valence-corrected chi connectivity index (χ4v) is 3.04. The molecule has 0 bridgehead atoms. The number of likely N-dealkylation sites (tertiary alicyclic amines) is 1. The first-order valence-electron chi connectivity index (χ1n) is 7.44. The fourth-order valence-electron chi connectivity index (χ4n) is 3.04. The number of nitrogens with two attached hydrogens (primary N) is 1. The SMILES string of the molecule is Cl.Nc1cccc(C(=O)N2CCCC2Cc2ccccc2)c1. The van der Waals surface area contributed by atoms with E-state index in [0.29, 0.717) is 17.3 Å². The number of nitrogens with zero attached hydrogens (tertiary/aromatic N) is 1. The zero-order valence-corrected chi connectivity index (χ0v) is 13.3. The highest BCUT2D eigenvalue weighted by atomic mass is 35.5. The van der Waals surface area contributed by atoms with Crippen molar-refractivity contribution < 1.29 is 4.79 Å². The lowest BCUT2D eigenvalue weighted by atomic mass is 10.0. The van der Waals surface area contributed by atoms with Crippen molar-refractivity contribution in [3.8, 4) is 0 Å². The molecular formula is C18H21ClN2O. The van der Waals surface area contributed by atoms with Crippen LogP contribution < -0.4 is 5.73 Å². The first-order valence-corrected chi connectivity index (χ1v) is 7.44. The largest absolute Gasteiger partial charge is 0.399 e. The van der Waals surface area contributed by atoms with E-state index in [1.54, 1.807) is 6.07 Å². The van der Waals surface area contributed by atoms with E-state index >= 15 is 0 Å². The minimum atomic E-state index is 0. The Kier molecular flexibility index (Phi) is 5.45. The molecule has 1 heterocycles. The number of benzene rings is 2. The lowest BCUT2D eigenvalue weighted by Crippen LogP contribution is -2.36. The van der Waals surface area contributed by atoms with Crippen LogP contribution in [0.2, 0.25) is 0 Å². The first kappa shape index (κ1) is 16.4. The molecule has 3 rings (SSSR count). The van der Waals surface area contributed by atoms with E-state index in [1.807, 2.05) is 41.3 Å². The molecule has 116 valence electrons. The van der Waals surface area contributed by atoms with Crippen LogP contribution in [0.15, 0.2) is 54.6 Å². The second-order valence-electron chi connectivity index (χ2n) is 5.61. The zero-order valence-electron chi connectivity index (χ0n) is 12.4. The van der Waals surface area contributed by atoms with Crippen LogP contribution in [0, 0.1) is 0 Å². The minimum absolute atomic E-state index is 0. The van der Waals surface area contributed by atoms with Gasteiger partial charge in [-0.2, -0.15) is 0 Å². The Labute approximate surface area is 137 Å². The van der Waals surface area contributed by atoms with Gasteiger partial charge in [0.1, 0.15) is 0 Å². The van der Waals surface area contributed by atoms with Gasteiger partial charge in [-0.15, -0.1) is 12.4 Å². The number of hydrogen-bond acceptors (Lipinski definition) is 2. The molecule has 0 radical (unpaired) electrons. The Hall–Kier alpha value is -2.00. The van der Waals surface area contributed by atoms with E-state index in [2.05, 4.69) is 12.1 Å². The van der Waals surface area contributed by atoms with Crippen LogP contribution in [0.25, 0.3) is 0 Å². The molecule has 0 aromatic heterocycles. The van der Waals surface area contributed by atoms with Crippen molar-refractivity contribution in [2.45, 2.75) is 25.3 Å². The molecule has 1 aliphatic heterocycles. The van der Waals surface area contributed by atoms with Gasteiger partial charge < -0.3 is 10.6 Å². The van der Waals surface area contributed by atoms with Crippen molar-refractivity contribution >= 4 is 24.0 Å². The van der Waals surface area contributed by atoms with Gasteiger partial charge >= 0.3 is 0 Å². The third kappa shape index (κ3) is 3.60. The Morgan fingerprint density at radius 2 is 1.91 bits per heavy atom. The lowest BCUT2D eigenvalue weighted by Gasteiger charge is -2.25. The fraction of sp³-hybridized carbons (Fsp3) is 0.278. The Morgan fingerprint density at radius 1 is 1.14 bits per heavy atom. The quantitative estimate of drug-likeness (QED) is 0.880. The van der Waals surface area contributed by atoms with E-state index in [4.69, 9.17) is 5.73 Å². The van der Waals surface area contributed by atoms with Crippen molar-refractivity contribution in [2.24, 2.45) is 0 Å². The molecule has 1 unspecified atom stereocenters. The number of halogens is 1. The van der Waals surface area contributed by atoms with Crippen LogP contribution in [0.1, 0.15) is 28.8 Å². The van der Waals surface area contributed by atoms with Gasteiger partial charge in [-0.1, -0.05) is 36.4 Å². The van der Waals surface area contributed by atoms with Crippen LogP contribution >= 0.6 is 12.4 Å². The molecule has 22 heavy (non-hydrogen) atoms. The van der Waals surface area contributed by atoms with Crippen molar-refractivity contribution in [3.63, 3.8) is 0 Å². The average Bonchev–Trinajstić information content (AvgIpc) is 2.95. The molecule has 1 atom stereocenters. The number of hydrogen-bond donors (Lipinski definition) is 1. The molecule has 1 fully saturated rings. The second-order valence-corrected chi connectivity index (χ2v) is 5.61. The van der Waals surface area contributed by atoms with Crippen molar-refractivity contribution in [2.75, 3.05) is 12.3 Å². The second kappa shape index (κ2) is 7.32. The van der Waals surface area contributed by atoms with Crippen LogP contribution in [0.3, 0.4) is 0 Å². The highest BCUT2D eigenvalue weighted by Gasteiger charge is 2.29. The number of nitrogen functional groups attached to an aromatic ring is 1. The van der Waals surface area contributed by atoms with Gasteiger partial charge in [0.15, 0.2) is 0 Å². The molecule has 2 N–H and O–H groups in total. The van der Waals surface area contributed by atoms with Crippen molar-refractivity contribution in [1.29, 1.82) is 0 Å². The predicted octanol–water partition coefficient (Wildman–Crippen LogP) is 3.54. The van der Waals surface area contributed by atoms with Gasteiger partial charge in [-0.25, -0.2) is 0 Å². The standard InChI is InChI=1S/C18H20N2O.ClH/c19-16-9-4-8-15(13-16)18(21)20-11-5-10-17(20)12-14-6-2-1-3-7-14;/h1-4,6-9,13,17H,5,10-12,19H2;1H. The summed E-state index contributed by atoms with van der Waals surface area (Å²) in [5.74, 6) is 0.0979. The lowest BCUT2D eigenvalue weighted by molar-refractivity contribution is 0.0736. The topological polar surface area (TPSA) is 46.3 Å². The molecule has 3 nitrogen and oxygen atoms in total. The van der Waals surface area contributed by atoms with E-state index in [9.17, 15) is 4.79 Å². The molecule has 1 aliphatic rings. The summed E-state index contributed by atoms with van der Waals surface area (Å²) in [5.41, 5.74) is 8.40. The normalized spacial score (nSPS) is 17.1. The molecule has 0 spiro atoms. The zero-order chi connectivity index (χ0) is 14.7. The molecular weight excluding hydrogens is 296 g/mol. The summed E-state index contributed by atoms with van der Waals surface area (Å²) in [4.78, 5) is 14.7. The summed E-state index contributed by atoms with van der Waals surface area (Å²) in [7, 11) is 0. The number of rotatable bonds is 3. The molecule has 0 saturated carbocycles. The van der Waals surface area contributed by atoms with E-state index in [-0.39, 0.29) is 18.3 Å². The highest BCUT2D eigenvalue weighted by Crippen LogP contribution is 2.23. The molecule has 0 aliphatic carbocycles. The summed E-state index contributed by atoms with van der Waals surface area (Å²) >= 11 is 0. The van der Waals surface area contributed by atoms with Crippen LogP contribution in [0.5, 0.6) is 0 Å². The van der Waals surface area contributed by atoms with E-state index in [1.165, 1.54) is 5.56 Å². The summed E-state index contributed by atoms with van der Waals surface area (Å²) in [5, 5.41) is 0. The Morgan fingerprint density at radius 3 is 2.64 bits per heavy atom. The summed E-state index contributed by atoms with van der Waals surface area (Å²) in [6.45, 7) is 0.838. The third-order valence-corrected chi connectivity index (χ3v) is 4.09. The molecule has 1 amide bonds. The molecule has 2 aromatic rings. The maximum atomic E-state index is 12.7. The van der Waals surface area contributed by atoms with Gasteiger partial charge in [0.25, 0.3) is 5.91 Å². The number of carbonyl (C=O) groups excluding carboxylic acids is 1. The molecule has 4 heteroatoms. The molecule has 1 saturated heterocycles. The summed E-state index contributed by atoms with van der Waals surface area (Å²) in [6.07, 6.45) is 3.07. The predicted molar refractivity (Wildman–Crippen MR) is 92.3 cm³/mol. The smallest absolute Gasteiger partial charge is 0.254 e. The Balaban J connectivity index is 0.00000176. The Bertz CT molecular complexity index is 630. The molecule has 2 aromatic carbocycles. The minimum Gasteiger partial charge on any atom is -0.399 e. The van der Waals surface area contributed by atoms with Crippen molar-refractivity contribution in [3.05, 3.63) is 65.7 Å². The van der Waals surface area contributed by atoms with Gasteiger partial charge in [-0.05, 0) is 43.0 Å². The maximum Gasteiger partial charge on any atom is 0.254 e. The maximum absolute atomic E-state index is 12.7. The average molecular weight is 317 g/mol. The summed E-state index contributed by atoms with van der Waals surface area (Å²) in [6, 6.07) is 17.9. The van der Waals surface area contributed by atoms with Crippen molar-refractivity contribution in [1.82, 2.24) is 4.90 Å². The van der Waals surface area contributed by atoms with Crippen LogP contribution in [-0.2, 0) is 6.42 Å². The number of anilines is 1. The van der Waals surface area contributed by atoms with E-state index < -0.39 is 0 Å². The summed E-state index contributed by atoms with van der Waals surface area (Å²) < 4.78 is 0. The van der Waals surface area contributed by atoms with E-state index in [0.717, 1.165) is 25.8 Å². The number of carbonyl (C=O) groups is 1. The highest BCUT2D eigenvalue weighted by molar-refractivity contribution is 5.95. The van der Waals surface area contributed by atoms with Gasteiger partial charge in [0.2, 0.25) is 0 Å². The first-order chi connectivity index (χ1) is 10.2. The van der Waals surface area contributed by atoms with Gasteiger partial charge in [0, 0.05) is 23.8 Å². The van der Waals surface area contributed by atoms with Crippen LogP contribution in [0.4, 0.5) is 5.69 Å².